The van der Waals surface area contributed by atoms with Crippen LogP contribution in [0.3, 0.4) is 0 Å². The zero-order valence-electron chi connectivity index (χ0n) is 24.9. The Balaban J connectivity index is 1.42. The van der Waals surface area contributed by atoms with Crippen molar-refractivity contribution < 1.29 is 19.2 Å². The quantitative estimate of drug-likeness (QED) is 0.334. The molecule has 4 amide bonds. The Labute approximate surface area is 267 Å². The lowest BCUT2D eigenvalue weighted by Gasteiger charge is -2.43. The summed E-state index contributed by atoms with van der Waals surface area (Å²) in [6.07, 6.45) is 0.393. The van der Waals surface area contributed by atoms with Crippen LogP contribution in [0, 0.1) is 6.92 Å². The molecule has 0 saturated carbocycles. The molecule has 4 N–H and O–H groups in total. The summed E-state index contributed by atoms with van der Waals surface area (Å²) < 4.78 is 0. The highest BCUT2D eigenvalue weighted by Crippen LogP contribution is 2.25. The molecule has 2 aliphatic rings. The fraction of sp³-hybridized carbons (Fsp3) is 0.467. The number of nitrogens with two attached hydrogens (primary N) is 1. The first kappa shape index (κ1) is 33.6. The van der Waals surface area contributed by atoms with E-state index < -0.39 is 29.1 Å². The molecule has 1 saturated heterocycles. The third kappa shape index (κ3) is 8.46. The van der Waals surface area contributed by atoms with Gasteiger partial charge in [-0.15, -0.1) is 0 Å². The third-order valence-electron chi connectivity index (χ3n) is 8.12. The minimum atomic E-state index is -1.45. The third-order valence-corrected chi connectivity index (χ3v) is 8.54. The number of nitrogens with zero attached hydrogens (tertiary/aromatic N) is 3. The van der Waals surface area contributed by atoms with Crippen molar-refractivity contribution in [3.63, 3.8) is 0 Å². The van der Waals surface area contributed by atoms with E-state index in [2.05, 4.69) is 10.6 Å². The predicted octanol–water partition coefficient (Wildman–Crippen LogP) is 0.415. The van der Waals surface area contributed by atoms with Crippen LogP contribution in [0.1, 0.15) is 36.0 Å². The van der Waals surface area contributed by atoms with Crippen LogP contribution in [0.4, 0.5) is 5.69 Å². The van der Waals surface area contributed by atoms with Gasteiger partial charge in [0.25, 0.3) is 0 Å². The molecule has 2 aromatic rings. The molecule has 0 aliphatic carbocycles. The summed E-state index contributed by atoms with van der Waals surface area (Å²) in [6.45, 7) is 3.82. The number of amides is 4. The molecule has 10 nitrogen and oxygen atoms in total. The summed E-state index contributed by atoms with van der Waals surface area (Å²) in [6, 6.07) is 10.9. The molecule has 0 spiro atoms. The first-order chi connectivity index (χ1) is 20.9. The van der Waals surface area contributed by atoms with Crippen LogP contribution in [-0.2, 0) is 32.1 Å². The molecule has 2 aromatic carbocycles. The van der Waals surface area contributed by atoms with Gasteiger partial charge >= 0.3 is 0 Å². The molecule has 4 rings (SSSR count). The minimum absolute atomic E-state index is 0.0109. The molecule has 14 heteroatoms. The average Bonchev–Trinajstić information content (AvgIpc) is 3.00. The van der Waals surface area contributed by atoms with Gasteiger partial charge < -0.3 is 31.1 Å². The maximum atomic E-state index is 13.7. The van der Waals surface area contributed by atoms with E-state index in [1.807, 2.05) is 31.2 Å². The Morgan fingerprint density at radius 3 is 2.30 bits per heavy atom. The van der Waals surface area contributed by atoms with Crippen LogP contribution in [0.5, 0.6) is 0 Å². The van der Waals surface area contributed by atoms with E-state index in [-0.39, 0.29) is 50.6 Å². The molecular weight excluding hydrogens is 576 g/mol. The number of hydrogen-bond donors (Lipinski definition) is 3. The van der Waals surface area contributed by atoms with Crippen LogP contribution < -0.4 is 16.4 Å². The van der Waals surface area contributed by atoms with Crippen molar-refractivity contribution in [2.75, 3.05) is 38.0 Å². The fourth-order valence-electron chi connectivity index (χ4n) is 5.53. The summed E-state index contributed by atoms with van der Waals surface area (Å²) in [7, 11) is 17.3. The van der Waals surface area contributed by atoms with Crippen LogP contribution in [0.25, 0.3) is 0 Å². The van der Waals surface area contributed by atoms with E-state index in [1.54, 1.807) is 28.0 Å². The van der Waals surface area contributed by atoms with Crippen molar-refractivity contribution in [2.45, 2.75) is 56.5 Å². The minimum Gasteiger partial charge on any atom is -0.342 e. The van der Waals surface area contributed by atoms with E-state index in [9.17, 15) is 19.2 Å². The first-order valence-corrected chi connectivity index (χ1v) is 15.1. The molecule has 226 valence electrons. The van der Waals surface area contributed by atoms with E-state index in [0.29, 0.717) is 36.9 Å². The molecular formula is C30H36B3ClN6O4. The van der Waals surface area contributed by atoms with E-state index in [4.69, 9.17) is 40.9 Å². The molecule has 2 heterocycles. The monoisotopic (exact) mass is 612 g/mol. The number of rotatable bonds is 10. The van der Waals surface area contributed by atoms with E-state index >= 15 is 0 Å². The largest absolute Gasteiger partial charge is 0.342 e. The fourth-order valence-corrected chi connectivity index (χ4v) is 5.65. The van der Waals surface area contributed by atoms with Gasteiger partial charge in [0.15, 0.2) is 0 Å². The second kappa shape index (κ2) is 14.7. The highest BCUT2D eigenvalue weighted by Gasteiger charge is 2.36. The highest BCUT2D eigenvalue weighted by molar-refractivity contribution is 6.59. The lowest BCUT2D eigenvalue weighted by Crippen LogP contribution is -2.59. The Kier molecular flexibility index (Phi) is 11.2. The number of piperazine rings is 1. The Hall–Kier alpha value is -3.28. The second-order valence-electron chi connectivity index (χ2n) is 11.4. The lowest BCUT2D eigenvalue weighted by atomic mass is 9.48. The van der Waals surface area contributed by atoms with Crippen molar-refractivity contribution in [3.05, 3.63) is 64.2 Å². The van der Waals surface area contributed by atoms with Crippen LogP contribution in [0.2, 0.25) is 5.02 Å². The van der Waals surface area contributed by atoms with Gasteiger partial charge in [-0.1, -0.05) is 41.1 Å². The van der Waals surface area contributed by atoms with E-state index in [0.717, 1.165) is 16.7 Å². The average molecular weight is 613 g/mol. The summed E-state index contributed by atoms with van der Waals surface area (Å²) >= 11 is 6.11. The zero-order chi connectivity index (χ0) is 32.0. The molecule has 0 bridgehead atoms. The number of halogens is 1. The molecule has 0 aromatic heterocycles. The lowest BCUT2D eigenvalue weighted by molar-refractivity contribution is -0.144. The number of hydrogen-bond acceptors (Lipinski definition) is 6. The van der Waals surface area contributed by atoms with Crippen molar-refractivity contribution in [3.8, 4) is 0 Å². The van der Waals surface area contributed by atoms with Gasteiger partial charge in [0.2, 0.25) is 23.6 Å². The van der Waals surface area contributed by atoms with Gasteiger partial charge in [-0.25, -0.2) is 0 Å². The van der Waals surface area contributed by atoms with Crippen molar-refractivity contribution in [1.29, 1.82) is 0 Å². The van der Waals surface area contributed by atoms with Crippen molar-refractivity contribution in [1.82, 2.24) is 20.0 Å². The zero-order valence-corrected chi connectivity index (χ0v) is 25.7. The van der Waals surface area contributed by atoms with Crippen LogP contribution in [-0.4, -0.2) is 112 Å². The summed E-state index contributed by atoms with van der Waals surface area (Å²) in [5, 5.41) is 4.75. The number of aryl methyl sites for hydroxylation is 1. The topological polar surface area (TPSA) is 128 Å². The maximum absolute atomic E-state index is 13.7. The molecule has 0 unspecified atom stereocenters. The number of carbonyl (C=O) groups excluding carboxylic acids is 4. The van der Waals surface area contributed by atoms with Gasteiger partial charge in [0, 0.05) is 62.7 Å². The maximum Gasteiger partial charge on any atom is 0.246 e. The number of fused-ring (bicyclic) bond motifs is 1. The molecule has 2 atom stereocenters. The SMILES string of the molecule is [B]C([B])([B])N1CCN(C(=O)CCC(=O)N2Cc3ccccc3C[C@H]2C(=O)N[C@@H](CCN)C(=O)Nc2ccc(Cl)c(C)c2)CC1. The number of nitrogens with one attached hydrogen (secondary N) is 2. The van der Waals surface area contributed by atoms with Gasteiger partial charge in [-0.05, 0) is 54.8 Å². The Bertz CT molecular complexity index is 1380. The number of carbonyl (C=O) groups is 4. The Morgan fingerprint density at radius 1 is 1.00 bits per heavy atom. The van der Waals surface area contributed by atoms with E-state index in [1.165, 1.54) is 4.90 Å². The number of benzene rings is 2. The number of anilines is 1. The summed E-state index contributed by atoms with van der Waals surface area (Å²) in [4.78, 5) is 58.2. The predicted molar refractivity (Wildman–Crippen MR) is 172 cm³/mol. The van der Waals surface area contributed by atoms with Crippen LogP contribution >= 0.6 is 11.6 Å². The van der Waals surface area contributed by atoms with Gasteiger partial charge in [0.05, 0.1) is 23.5 Å². The standard InChI is InChI=1S/C30H36B3ClN6O4/c1-19-16-22(6-7-23(19)34)36-28(43)24(10-11-35)37-29(44)25-17-20-4-2-3-5-21(20)18-40(25)27(42)9-8-26(41)38-12-14-39(15-13-38)30(31,32)33/h2-7,16,24-25H,8-15,17-18,35H2,1H3,(H,36,43)(H,37,44)/t24-,25-/m0/s1. The molecule has 1 fully saturated rings. The molecule has 6 radical (unpaired) electrons. The van der Waals surface area contributed by atoms with Gasteiger partial charge in [-0.2, -0.15) is 0 Å². The first-order valence-electron chi connectivity index (χ1n) is 14.7. The second-order valence-corrected chi connectivity index (χ2v) is 11.8. The van der Waals surface area contributed by atoms with Crippen LogP contribution in [0.15, 0.2) is 42.5 Å². The van der Waals surface area contributed by atoms with Crippen molar-refractivity contribution >= 4 is 64.5 Å². The highest BCUT2D eigenvalue weighted by atomic mass is 35.5. The smallest absolute Gasteiger partial charge is 0.246 e. The molecule has 2 aliphatic heterocycles. The normalized spacial score (nSPS) is 17.8. The van der Waals surface area contributed by atoms with Gasteiger partial charge in [0.1, 0.15) is 12.1 Å². The Morgan fingerprint density at radius 2 is 1.66 bits per heavy atom. The van der Waals surface area contributed by atoms with Gasteiger partial charge in [-0.3, -0.25) is 19.2 Å². The summed E-state index contributed by atoms with van der Waals surface area (Å²) in [5.41, 5.74) is 8.99. The molecule has 44 heavy (non-hydrogen) atoms. The summed E-state index contributed by atoms with van der Waals surface area (Å²) in [5.74, 6) is -1.40. The van der Waals surface area contributed by atoms with Crippen molar-refractivity contribution in [2.24, 2.45) is 5.73 Å².